The minimum absolute atomic E-state index is 0.0329. The quantitative estimate of drug-likeness (QED) is 0.265. The van der Waals surface area contributed by atoms with Crippen molar-refractivity contribution >= 4 is 16.5 Å². The van der Waals surface area contributed by atoms with E-state index in [4.69, 9.17) is 5.10 Å². The van der Waals surface area contributed by atoms with E-state index in [1.54, 1.807) is 22.9 Å². The number of benzene rings is 4. The number of fused-ring (bicyclic) bond motifs is 3. The van der Waals surface area contributed by atoms with Gasteiger partial charge in [0.2, 0.25) is 0 Å². The highest BCUT2D eigenvalue weighted by atomic mass is 16.6. The number of nitro benzene ring substituents is 1. The van der Waals surface area contributed by atoms with Crippen molar-refractivity contribution in [1.82, 2.24) is 9.78 Å². The summed E-state index contributed by atoms with van der Waals surface area (Å²) in [5.74, 6) is 0. The Bertz CT molecular complexity index is 1460. The molecule has 30 heavy (non-hydrogen) atoms. The molecule has 5 aromatic rings. The van der Waals surface area contributed by atoms with Crippen LogP contribution in [0.2, 0.25) is 0 Å². The van der Waals surface area contributed by atoms with Crippen LogP contribution in [0, 0.1) is 10.1 Å². The van der Waals surface area contributed by atoms with E-state index in [1.807, 2.05) is 42.5 Å². The molecule has 5 heteroatoms. The average Bonchev–Trinajstić information content (AvgIpc) is 3.33. The van der Waals surface area contributed by atoms with E-state index < -0.39 is 0 Å². The number of nitro groups is 1. The van der Waals surface area contributed by atoms with E-state index in [0.717, 1.165) is 44.4 Å². The topological polar surface area (TPSA) is 61.0 Å². The van der Waals surface area contributed by atoms with E-state index in [1.165, 1.54) is 6.07 Å². The fraction of sp³-hybridized carbons (Fsp3) is 0. The van der Waals surface area contributed by atoms with Crippen LogP contribution < -0.4 is 0 Å². The van der Waals surface area contributed by atoms with Gasteiger partial charge in [0.25, 0.3) is 5.69 Å². The number of aromatic nitrogens is 2. The minimum atomic E-state index is -0.353. The molecule has 0 amide bonds. The molecule has 1 aliphatic carbocycles. The zero-order valence-corrected chi connectivity index (χ0v) is 15.8. The van der Waals surface area contributed by atoms with Gasteiger partial charge in [-0.25, -0.2) is 4.68 Å². The van der Waals surface area contributed by atoms with Crippen molar-refractivity contribution in [2.24, 2.45) is 0 Å². The van der Waals surface area contributed by atoms with E-state index in [-0.39, 0.29) is 10.6 Å². The van der Waals surface area contributed by atoms with Crippen molar-refractivity contribution in [2.75, 3.05) is 0 Å². The molecule has 0 N–H and O–H groups in total. The largest absolute Gasteiger partial charge is 0.294 e. The number of hydrogen-bond donors (Lipinski definition) is 0. The molecular weight excluding hydrogens is 374 g/mol. The first-order chi connectivity index (χ1) is 14.7. The Labute approximate surface area is 172 Å². The van der Waals surface area contributed by atoms with Crippen LogP contribution in [0.25, 0.3) is 50.1 Å². The van der Waals surface area contributed by atoms with Gasteiger partial charge in [-0.05, 0) is 22.4 Å². The van der Waals surface area contributed by atoms with E-state index in [2.05, 4.69) is 24.3 Å². The third-order valence-electron chi connectivity index (χ3n) is 5.67. The van der Waals surface area contributed by atoms with Gasteiger partial charge in [-0.1, -0.05) is 78.9 Å². The predicted molar refractivity (Wildman–Crippen MR) is 118 cm³/mol. The maximum atomic E-state index is 11.7. The summed E-state index contributed by atoms with van der Waals surface area (Å²) in [6, 6.07) is 29.2. The minimum Gasteiger partial charge on any atom is -0.258 e. The van der Waals surface area contributed by atoms with Gasteiger partial charge in [0, 0.05) is 22.8 Å². The Kier molecular flexibility index (Phi) is 3.40. The van der Waals surface area contributed by atoms with Gasteiger partial charge in [0.1, 0.15) is 11.4 Å². The molecule has 6 rings (SSSR count). The Morgan fingerprint density at radius 1 is 0.767 bits per heavy atom. The number of rotatable bonds is 3. The molecule has 5 nitrogen and oxygen atoms in total. The highest BCUT2D eigenvalue weighted by Gasteiger charge is 2.32. The van der Waals surface area contributed by atoms with Crippen LogP contribution in [0.3, 0.4) is 0 Å². The molecule has 1 aromatic heterocycles. The number of para-hydroxylation sites is 2. The summed E-state index contributed by atoms with van der Waals surface area (Å²) in [7, 11) is 0. The van der Waals surface area contributed by atoms with Gasteiger partial charge in [0.15, 0.2) is 0 Å². The molecule has 0 fully saturated rings. The zero-order valence-electron chi connectivity index (χ0n) is 15.8. The number of hydrogen-bond acceptors (Lipinski definition) is 3. The van der Waals surface area contributed by atoms with Gasteiger partial charge < -0.3 is 0 Å². The maximum absolute atomic E-state index is 11.7. The lowest BCUT2D eigenvalue weighted by Gasteiger charge is -2.08. The summed E-state index contributed by atoms with van der Waals surface area (Å²) in [6.07, 6.45) is 0. The first-order valence-corrected chi connectivity index (χ1v) is 9.69. The Morgan fingerprint density at radius 2 is 1.47 bits per heavy atom. The first-order valence-electron chi connectivity index (χ1n) is 9.69. The molecule has 0 atom stereocenters. The van der Waals surface area contributed by atoms with Crippen LogP contribution in [0.15, 0.2) is 91.0 Å². The molecule has 1 aliphatic rings. The summed E-state index contributed by atoms with van der Waals surface area (Å²) < 4.78 is 1.74. The highest BCUT2D eigenvalue weighted by Crippen LogP contribution is 2.52. The standard InChI is InChI=1S/C25H15N3O2/c29-28(30)21-15-5-4-14-20(21)27-25-19-13-7-11-16-10-6-12-18(22(16)19)23(25)24(26-27)17-8-2-1-3-9-17/h1-15H. The molecule has 0 bridgehead atoms. The normalized spacial score (nSPS) is 11.6. The fourth-order valence-corrected chi connectivity index (χ4v) is 4.44. The van der Waals surface area contributed by atoms with Crippen LogP contribution in [-0.4, -0.2) is 14.7 Å². The van der Waals surface area contributed by atoms with Gasteiger partial charge >= 0.3 is 0 Å². The lowest BCUT2D eigenvalue weighted by Crippen LogP contribution is -2.03. The second-order valence-electron chi connectivity index (χ2n) is 7.31. The summed E-state index contributed by atoms with van der Waals surface area (Å²) in [6.45, 7) is 0. The number of nitrogens with zero attached hydrogens (tertiary/aromatic N) is 3. The molecular formula is C25H15N3O2. The van der Waals surface area contributed by atoms with E-state index in [0.29, 0.717) is 5.69 Å². The second kappa shape index (κ2) is 6.12. The summed E-state index contributed by atoms with van der Waals surface area (Å²) in [5.41, 5.74) is 6.38. The predicted octanol–water partition coefficient (Wildman–Crippen LogP) is 6.25. The molecule has 142 valence electrons. The Morgan fingerprint density at radius 3 is 2.23 bits per heavy atom. The van der Waals surface area contributed by atoms with Gasteiger partial charge in [-0.15, -0.1) is 0 Å². The van der Waals surface area contributed by atoms with Crippen LogP contribution in [0.4, 0.5) is 5.69 Å². The molecule has 0 unspecified atom stereocenters. The highest BCUT2D eigenvalue weighted by molar-refractivity contribution is 6.17. The van der Waals surface area contributed by atoms with Crippen molar-refractivity contribution in [3.05, 3.63) is 101 Å². The summed E-state index contributed by atoms with van der Waals surface area (Å²) in [4.78, 5) is 11.4. The van der Waals surface area contributed by atoms with Gasteiger partial charge in [0.05, 0.1) is 10.6 Å². The monoisotopic (exact) mass is 389 g/mol. The Balaban J connectivity index is 1.76. The summed E-state index contributed by atoms with van der Waals surface area (Å²) in [5, 5.41) is 19.0. The first kappa shape index (κ1) is 16.7. The smallest absolute Gasteiger partial charge is 0.258 e. The third kappa shape index (κ3) is 2.20. The van der Waals surface area contributed by atoms with Crippen LogP contribution in [-0.2, 0) is 0 Å². The lowest BCUT2D eigenvalue weighted by atomic mass is 10.0. The molecule has 0 saturated heterocycles. The molecule has 4 aromatic carbocycles. The van der Waals surface area contributed by atoms with Gasteiger partial charge in [-0.2, -0.15) is 5.10 Å². The summed E-state index contributed by atoms with van der Waals surface area (Å²) >= 11 is 0. The van der Waals surface area contributed by atoms with Crippen LogP contribution in [0.1, 0.15) is 0 Å². The van der Waals surface area contributed by atoms with Crippen LogP contribution >= 0.6 is 0 Å². The SMILES string of the molecule is O=[N+]([O-])c1ccccc1-n1nc(-c2ccccc2)c2c1-c1cccc3cccc-2c13. The van der Waals surface area contributed by atoms with Crippen molar-refractivity contribution in [3.8, 4) is 39.3 Å². The van der Waals surface area contributed by atoms with Crippen LogP contribution in [0.5, 0.6) is 0 Å². The molecule has 0 radical (unpaired) electrons. The second-order valence-corrected chi connectivity index (χ2v) is 7.31. The van der Waals surface area contributed by atoms with Crippen molar-refractivity contribution in [2.45, 2.75) is 0 Å². The lowest BCUT2D eigenvalue weighted by molar-refractivity contribution is -0.384. The van der Waals surface area contributed by atoms with E-state index >= 15 is 0 Å². The van der Waals surface area contributed by atoms with Crippen molar-refractivity contribution in [1.29, 1.82) is 0 Å². The molecule has 0 spiro atoms. The molecule has 1 heterocycles. The van der Waals surface area contributed by atoms with E-state index in [9.17, 15) is 10.1 Å². The Hall–Kier alpha value is -4.25. The fourth-order valence-electron chi connectivity index (χ4n) is 4.44. The maximum Gasteiger partial charge on any atom is 0.294 e. The van der Waals surface area contributed by atoms with Crippen molar-refractivity contribution in [3.63, 3.8) is 0 Å². The molecule has 0 saturated carbocycles. The average molecular weight is 389 g/mol. The third-order valence-corrected chi connectivity index (χ3v) is 5.67. The van der Waals surface area contributed by atoms with Crippen molar-refractivity contribution < 1.29 is 4.92 Å². The molecule has 0 aliphatic heterocycles. The zero-order chi connectivity index (χ0) is 20.2. The van der Waals surface area contributed by atoms with Gasteiger partial charge in [-0.3, -0.25) is 10.1 Å².